The number of benzene rings is 1. The van der Waals surface area contributed by atoms with E-state index in [0.717, 1.165) is 23.1 Å². The Kier molecular flexibility index (Phi) is 3.83. The number of halogens is 1. The van der Waals surface area contributed by atoms with Gasteiger partial charge in [-0.3, -0.25) is 0 Å². The van der Waals surface area contributed by atoms with Gasteiger partial charge in [0.15, 0.2) is 0 Å². The second kappa shape index (κ2) is 4.53. The highest BCUT2D eigenvalue weighted by Gasteiger charge is 2.11. The van der Waals surface area contributed by atoms with Crippen LogP contribution >= 0.6 is 23.5 Å². The van der Waals surface area contributed by atoms with Gasteiger partial charge in [0.25, 0.3) is 0 Å². The molecule has 3 nitrogen and oxygen atoms in total. The van der Waals surface area contributed by atoms with Gasteiger partial charge >= 0.3 is 0 Å². The van der Waals surface area contributed by atoms with Gasteiger partial charge in [0.2, 0.25) is 10.0 Å². The van der Waals surface area contributed by atoms with Crippen molar-refractivity contribution >= 4 is 33.6 Å². The predicted molar refractivity (Wildman–Crippen MR) is 59.9 cm³/mol. The van der Waals surface area contributed by atoms with Crippen molar-refractivity contribution in [3.8, 4) is 0 Å². The minimum Gasteiger partial charge on any atom is -0.212 e. The smallest absolute Gasteiger partial charge is 0.212 e. The van der Waals surface area contributed by atoms with Crippen molar-refractivity contribution in [2.75, 3.05) is 13.3 Å². The molecule has 14 heavy (non-hydrogen) atoms. The largest absolute Gasteiger partial charge is 0.220 e. The Balaban J connectivity index is 2.75. The zero-order chi connectivity index (χ0) is 10.8. The summed E-state index contributed by atoms with van der Waals surface area (Å²) >= 11 is 6.84. The highest BCUT2D eigenvalue weighted by atomic mass is 35.5. The van der Waals surface area contributed by atoms with Crippen molar-refractivity contribution in [3.05, 3.63) is 29.3 Å². The van der Waals surface area contributed by atoms with Crippen LogP contribution in [-0.4, -0.2) is 25.4 Å². The molecule has 0 saturated heterocycles. The maximum Gasteiger partial charge on any atom is 0.220 e. The molecule has 1 aromatic carbocycles. The molecule has 0 bridgehead atoms. The van der Waals surface area contributed by atoms with Crippen molar-refractivity contribution in [1.82, 2.24) is 3.71 Å². The number of rotatable bonds is 3. The zero-order valence-electron chi connectivity index (χ0n) is 7.77. The highest BCUT2D eigenvalue weighted by Crippen LogP contribution is 2.24. The fraction of sp³-hybridized carbons (Fsp3) is 0.250. The Morgan fingerprint density at radius 2 is 1.79 bits per heavy atom. The monoisotopic (exact) mass is 251 g/mol. The third kappa shape index (κ3) is 3.49. The van der Waals surface area contributed by atoms with E-state index in [9.17, 15) is 8.42 Å². The van der Waals surface area contributed by atoms with E-state index in [1.165, 1.54) is 10.8 Å². The topological polar surface area (TPSA) is 37.4 Å². The first kappa shape index (κ1) is 11.8. The molecule has 0 fully saturated rings. The molecule has 0 spiro atoms. The predicted octanol–water partition coefficient (Wildman–Crippen LogP) is 2.24. The fourth-order valence-corrected chi connectivity index (χ4v) is 2.19. The second-order valence-electron chi connectivity index (χ2n) is 2.72. The molecule has 0 heterocycles. The zero-order valence-corrected chi connectivity index (χ0v) is 10.2. The van der Waals surface area contributed by atoms with Crippen LogP contribution in [-0.2, 0) is 10.0 Å². The summed E-state index contributed by atoms with van der Waals surface area (Å²) in [6.07, 6.45) is 1.16. The molecule has 1 aromatic rings. The van der Waals surface area contributed by atoms with E-state index in [-0.39, 0.29) is 0 Å². The standard InChI is InChI=1S/C8H10ClNO2S2/c1-10(14(2,11)12)13-8-5-3-7(9)4-6-8/h3-6H,1-2H3. The van der Waals surface area contributed by atoms with Gasteiger partial charge in [-0.15, -0.1) is 3.71 Å². The van der Waals surface area contributed by atoms with Crippen molar-refractivity contribution in [1.29, 1.82) is 0 Å². The van der Waals surface area contributed by atoms with Crippen LogP contribution < -0.4 is 0 Å². The first-order valence-electron chi connectivity index (χ1n) is 3.77. The highest BCUT2D eigenvalue weighted by molar-refractivity contribution is 8.08. The minimum atomic E-state index is -3.15. The molecule has 78 valence electrons. The summed E-state index contributed by atoms with van der Waals surface area (Å²) in [6, 6.07) is 6.99. The second-order valence-corrected chi connectivity index (χ2v) is 6.60. The molecular weight excluding hydrogens is 242 g/mol. The van der Waals surface area contributed by atoms with Crippen molar-refractivity contribution in [2.45, 2.75) is 4.90 Å². The first-order valence-corrected chi connectivity index (χ1v) is 6.77. The molecule has 0 aliphatic carbocycles. The first-order chi connectivity index (χ1) is 6.39. The van der Waals surface area contributed by atoms with Gasteiger partial charge in [0, 0.05) is 17.0 Å². The number of sulfonamides is 1. The Labute approximate surface area is 93.2 Å². The molecule has 0 atom stereocenters. The van der Waals surface area contributed by atoms with Crippen LogP contribution in [0.15, 0.2) is 29.2 Å². The van der Waals surface area contributed by atoms with Crippen molar-refractivity contribution in [2.24, 2.45) is 0 Å². The third-order valence-electron chi connectivity index (χ3n) is 1.51. The Morgan fingerprint density at radius 3 is 2.21 bits per heavy atom. The lowest BCUT2D eigenvalue weighted by molar-refractivity contribution is 0.571. The van der Waals surface area contributed by atoms with Crippen LogP contribution in [0.3, 0.4) is 0 Å². The number of hydrogen-bond acceptors (Lipinski definition) is 3. The molecule has 0 aliphatic heterocycles. The summed E-state index contributed by atoms with van der Waals surface area (Å²) < 4.78 is 23.4. The Morgan fingerprint density at radius 1 is 1.29 bits per heavy atom. The van der Waals surface area contributed by atoms with E-state index in [1.807, 2.05) is 0 Å². The van der Waals surface area contributed by atoms with Gasteiger partial charge < -0.3 is 0 Å². The summed E-state index contributed by atoms with van der Waals surface area (Å²) in [6.45, 7) is 0. The van der Waals surface area contributed by atoms with Gasteiger partial charge in [0.1, 0.15) is 0 Å². The van der Waals surface area contributed by atoms with Crippen LogP contribution in [0.4, 0.5) is 0 Å². The molecule has 0 aromatic heterocycles. The maximum absolute atomic E-state index is 11.1. The summed E-state index contributed by atoms with van der Waals surface area (Å²) in [5, 5.41) is 0.636. The number of nitrogens with zero attached hydrogens (tertiary/aromatic N) is 1. The number of hydrogen-bond donors (Lipinski definition) is 0. The molecule has 0 unspecified atom stereocenters. The van der Waals surface area contributed by atoms with Crippen molar-refractivity contribution in [3.63, 3.8) is 0 Å². The average molecular weight is 252 g/mol. The van der Waals surface area contributed by atoms with E-state index in [0.29, 0.717) is 5.02 Å². The van der Waals surface area contributed by atoms with E-state index in [1.54, 1.807) is 24.3 Å². The Hall–Kier alpha value is -0.230. The van der Waals surface area contributed by atoms with Crippen molar-refractivity contribution < 1.29 is 8.42 Å². The summed E-state index contributed by atoms with van der Waals surface area (Å²) in [4.78, 5) is 0.835. The van der Waals surface area contributed by atoms with E-state index in [4.69, 9.17) is 11.6 Å². The molecule has 6 heteroatoms. The molecule has 0 radical (unpaired) electrons. The van der Waals surface area contributed by atoms with Crippen LogP contribution in [0.25, 0.3) is 0 Å². The minimum absolute atomic E-state index is 0.636. The lowest BCUT2D eigenvalue weighted by Crippen LogP contribution is -2.17. The Bertz CT molecular complexity index is 402. The SMILES string of the molecule is CN(Sc1ccc(Cl)cc1)S(C)(=O)=O. The normalized spacial score (nSPS) is 12.0. The fourth-order valence-electron chi connectivity index (χ4n) is 0.712. The third-order valence-corrected chi connectivity index (χ3v) is 4.48. The van der Waals surface area contributed by atoms with Gasteiger partial charge in [-0.25, -0.2) is 8.42 Å². The molecule has 0 amide bonds. The molecule has 0 aliphatic rings. The average Bonchev–Trinajstić information content (AvgIpc) is 2.07. The van der Waals surface area contributed by atoms with Crippen LogP contribution in [0.1, 0.15) is 0 Å². The van der Waals surface area contributed by atoms with E-state index < -0.39 is 10.0 Å². The summed E-state index contributed by atoms with van der Waals surface area (Å²) in [5.74, 6) is 0. The van der Waals surface area contributed by atoms with Gasteiger partial charge in [-0.2, -0.15) is 0 Å². The molecule has 1 rings (SSSR count). The van der Waals surface area contributed by atoms with Crippen LogP contribution in [0, 0.1) is 0 Å². The quantitative estimate of drug-likeness (QED) is 0.774. The van der Waals surface area contributed by atoms with Gasteiger partial charge in [-0.05, 0) is 36.2 Å². The van der Waals surface area contributed by atoms with Crippen LogP contribution in [0.5, 0.6) is 0 Å². The van der Waals surface area contributed by atoms with E-state index in [2.05, 4.69) is 0 Å². The van der Waals surface area contributed by atoms with E-state index >= 15 is 0 Å². The van der Waals surface area contributed by atoms with Gasteiger partial charge in [-0.1, -0.05) is 11.6 Å². The molecular formula is C8H10ClNO2S2. The lowest BCUT2D eigenvalue weighted by atomic mass is 10.4. The van der Waals surface area contributed by atoms with Gasteiger partial charge in [0.05, 0.1) is 6.26 Å². The maximum atomic E-state index is 11.1. The van der Waals surface area contributed by atoms with Crippen LogP contribution in [0.2, 0.25) is 5.02 Å². The molecule has 0 N–H and O–H groups in total. The lowest BCUT2D eigenvalue weighted by Gasteiger charge is -2.12. The molecule has 0 saturated carbocycles. The summed E-state index contributed by atoms with van der Waals surface area (Å²) in [7, 11) is -1.64. The summed E-state index contributed by atoms with van der Waals surface area (Å²) in [5.41, 5.74) is 0.